The first-order valence-electron chi connectivity index (χ1n) is 8.04. The topological polar surface area (TPSA) is 70.6 Å². The molecule has 0 unspecified atom stereocenters. The van der Waals surface area contributed by atoms with E-state index in [0.29, 0.717) is 22.0 Å². The molecule has 1 aliphatic carbocycles. The quantitative estimate of drug-likeness (QED) is 0.631. The van der Waals surface area contributed by atoms with E-state index >= 15 is 0 Å². The maximum atomic E-state index is 12.3. The number of anilines is 1. The zero-order chi connectivity index (χ0) is 17.8. The zero-order valence-electron chi connectivity index (χ0n) is 13.8. The second-order valence-electron chi connectivity index (χ2n) is 5.99. The molecule has 0 radical (unpaired) electrons. The molecule has 1 saturated carbocycles. The molecule has 0 aromatic heterocycles. The predicted octanol–water partition coefficient (Wildman–Crippen LogP) is 3.84. The van der Waals surface area contributed by atoms with Gasteiger partial charge in [-0.25, -0.2) is 5.43 Å². The summed E-state index contributed by atoms with van der Waals surface area (Å²) in [5.41, 5.74) is 5.21. The van der Waals surface area contributed by atoms with Crippen molar-refractivity contribution in [3.63, 3.8) is 0 Å². The minimum Gasteiger partial charge on any atom is -0.322 e. The summed E-state index contributed by atoms with van der Waals surface area (Å²) < 4.78 is 0. The van der Waals surface area contributed by atoms with Crippen LogP contribution in [0.2, 0.25) is 5.02 Å². The number of carbonyl (C=O) groups excluding carboxylic acids is 2. The molecule has 1 fully saturated rings. The summed E-state index contributed by atoms with van der Waals surface area (Å²) in [6.45, 7) is 1.81. The maximum absolute atomic E-state index is 12.3. The molecular formula is C19H18ClN3O2. The van der Waals surface area contributed by atoms with Crippen LogP contribution in [-0.2, 0) is 4.79 Å². The van der Waals surface area contributed by atoms with Crippen LogP contribution in [0, 0.1) is 5.92 Å². The zero-order valence-corrected chi connectivity index (χ0v) is 14.5. The van der Waals surface area contributed by atoms with Gasteiger partial charge in [0.05, 0.1) is 5.71 Å². The third-order valence-electron chi connectivity index (χ3n) is 3.91. The highest BCUT2D eigenvalue weighted by Crippen LogP contribution is 2.28. The van der Waals surface area contributed by atoms with Crippen LogP contribution in [-0.4, -0.2) is 17.5 Å². The van der Waals surface area contributed by atoms with Crippen molar-refractivity contribution < 1.29 is 9.59 Å². The fourth-order valence-electron chi connectivity index (χ4n) is 2.30. The second-order valence-corrected chi connectivity index (χ2v) is 6.43. The highest BCUT2D eigenvalue weighted by atomic mass is 35.5. The first kappa shape index (κ1) is 17.2. The Kier molecular flexibility index (Phi) is 5.14. The van der Waals surface area contributed by atoms with E-state index in [9.17, 15) is 9.59 Å². The van der Waals surface area contributed by atoms with Crippen molar-refractivity contribution in [1.29, 1.82) is 0 Å². The first-order chi connectivity index (χ1) is 12.0. The summed E-state index contributed by atoms with van der Waals surface area (Å²) in [5, 5.41) is 7.48. The Morgan fingerprint density at radius 3 is 2.52 bits per heavy atom. The van der Waals surface area contributed by atoms with Crippen molar-refractivity contribution in [2.45, 2.75) is 19.8 Å². The van der Waals surface area contributed by atoms with E-state index in [1.807, 2.05) is 25.1 Å². The minimum absolute atomic E-state index is 0.0373. The first-order valence-corrected chi connectivity index (χ1v) is 8.42. The number of rotatable bonds is 5. The highest BCUT2D eigenvalue weighted by molar-refractivity contribution is 6.31. The third kappa shape index (κ3) is 4.67. The molecular weight excluding hydrogens is 338 g/mol. The number of nitrogens with one attached hydrogen (secondary N) is 2. The molecule has 0 saturated heterocycles. The van der Waals surface area contributed by atoms with Gasteiger partial charge in [-0.05, 0) is 55.7 Å². The van der Waals surface area contributed by atoms with Gasteiger partial charge in [0.1, 0.15) is 0 Å². The molecule has 2 aromatic rings. The van der Waals surface area contributed by atoms with Gasteiger partial charge in [0, 0.05) is 22.2 Å². The summed E-state index contributed by atoms with van der Waals surface area (Å²) in [5.74, 6) is -0.166. The lowest BCUT2D eigenvalue weighted by Gasteiger charge is -2.08. The van der Waals surface area contributed by atoms with Gasteiger partial charge < -0.3 is 5.32 Å². The number of hydrazone groups is 1. The molecule has 0 spiro atoms. The number of benzene rings is 2. The normalized spacial score (nSPS) is 14.1. The number of hydrogen-bond acceptors (Lipinski definition) is 3. The lowest BCUT2D eigenvalue weighted by Crippen LogP contribution is -2.20. The molecule has 1 aliphatic rings. The number of hydrogen-bond donors (Lipinski definition) is 2. The molecule has 2 N–H and O–H groups in total. The lowest BCUT2D eigenvalue weighted by atomic mass is 10.1. The van der Waals surface area contributed by atoms with Gasteiger partial charge >= 0.3 is 0 Å². The van der Waals surface area contributed by atoms with Crippen LogP contribution in [0.15, 0.2) is 53.6 Å². The van der Waals surface area contributed by atoms with Crippen LogP contribution in [0.25, 0.3) is 0 Å². The fourth-order valence-corrected chi connectivity index (χ4v) is 2.49. The van der Waals surface area contributed by atoms with E-state index in [2.05, 4.69) is 15.8 Å². The summed E-state index contributed by atoms with van der Waals surface area (Å²) in [6, 6.07) is 14.1. The number of nitrogens with zero attached hydrogens (tertiary/aromatic N) is 1. The molecule has 128 valence electrons. The summed E-state index contributed by atoms with van der Waals surface area (Å²) in [6.07, 6.45) is 1.87. The SMILES string of the molecule is C/C(=N\NC(=O)C1CC1)c1cccc(NC(=O)c2cccc(Cl)c2)c1. The standard InChI is InChI=1S/C19H18ClN3O2/c1-12(22-23-19(25)13-8-9-13)14-4-3-7-17(11-14)21-18(24)15-5-2-6-16(20)10-15/h2-7,10-11,13H,8-9H2,1H3,(H,21,24)(H,23,25)/b22-12+. The summed E-state index contributed by atoms with van der Waals surface area (Å²) >= 11 is 5.92. The Morgan fingerprint density at radius 2 is 1.80 bits per heavy atom. The molecule has 2 aromatic carbocycles. The molecule has 0 heterocycles. The summed E-state index contributed by atoms with van der Waals surface area (Å²) in [7, 11) is 0. The molecule has 25 heavy (non-hydrogen) atoms. The van der Waals surface area contributed by atoms with E-state index in [1.165, 1.54) is 0 Å². The van der Waals surface area contributed by atoms with Crippen molar-refractivity contribution in [2.24, 2.45) is 11.0 Å². The van der Waals surface area contributed by atoms with Gasteiger partial charge in [0.25, 0.3) is 5.91 Å². The van der Waals surface area contributed by atoms with Gasteiger partial charge in [-0.3, -0.25) is 9.59 Å². The van der Waals surface area contributed by atoms with Gasteiger partial charge in [0.2, 0.25) is 5.91 Å². The average molecular weight is 356 g/mol. The van der Waals surface area contributed by atoms with Crippen LogP contribution in [0.5, 0.6) is 0 Å². The van der Waals surface area contributed by atoms with Crippen LogP contribution in [0.1, 0.15) is 35.7 Å². The van der Waals surface area contributed by atoms with Crippen LogP contribution < -0.4 is 10.7 Å². The minimum atomic E-state index is -0.240. The summed E-state index contributed by atoms with van der Waals surface area (Å²) in [4.78, 5) is 23.9. The molecule has 2 amide bonds. The molecule has 3 rings (SSSR count). The third-order valence-corrected chi connectivity index (χ3v) is 4.14. The highest BCUT2D eigenvalue weighted by Gasteiger charge is 2.29. The second kappa shape index (κ2) is 7.49. The van der Waals surface area contributed by atoms with E-state index < -0.39 is 0 Å². The van der Waals surface area contributed by atoms with Crippen molar-refractivity contribution in [3.05, 3.63) is 64.7 Å². The molecule has 0 atom stereocenters. The maximum Gasteiger partial charge on any atom is 0.255 e. The van der Waals surface area contributed by atoms with Gasteiger partial charge in [-0.1, -0.05) is 29.8 Å². The van der Waals surface area contributed by atoms with E-state index in [4.69, 9.17) is 11.6 Å². The fraction of sp³-hybridized carbons (Fsp3) is 0.211. The molecule has 6 heteroatoms. The van der Waals surface area contributed by atoms with Crippen molar-refractivity contribution in [1.82, 2.24) is 5.43 Å². The van der Waals surface area contributed by atoms with Crippen molar-refractivity contribution in [3.8, 4) is 0 Å². The Hall–Kier alpha value is -2.66. The molecule has 0 bridgehead atoms. The van der Waals surface area contributed by atoms with Crippen LogP contribution in [0.4, 0.5) is 5.69 Å². The van der Waals surface area contributed by atoms with Gasteiger partial charge in [0.15, 0.2) is 0 Å². The van der Waals surface area contributed by atoms with E-state index in [0.717, 1.165) is 18.4 Å². The largest absolute Gasteiger partial charge is 0.322 e. The Morgan fingerprint density at radius 1 is 1.08 bits per heavy atom. The van der Waals surface area contributed by atoms with Crippen molar-refractivity contribution in [2.75, 3.05) is 5.32 Å². The van der Waals surface area contributed by atoms with Gasteiger partial charge in [-0.15, -0.1) is 0 Å². The Bertz CT molecular complexity index is 844. The average Bonchev–Trinajstić information content (AvgIpc) is 3.44. The Balaban J connectivity index is 1.69. The van der Waals surface area contributed by atoms with E-state index in [-0.39, 0.29) is 17.7 Å². The Labute approximate surface area is 151 Å². The van der Waals surface area contributed by atoms with Gasteiger partial charge in [-0.2, -0.15) is 5.10 Å². The van der Waals surface area contributed by atoms with Crippen LogP contribution in [0.3, 0.4) is 0 Å². The number of amides is 2. The monoisotopic (exact) mass is 355 g/mol. The van der Waals surface area contributed by atoms with E-state index in [1.54, 1.807) is 30.3 Å². The number of carbonyl (C=O) groups is 2. The molecule has 0 aliphatic heterocycles. The number of halogens is 1. The van der Waals surface area contributed by atoms with Crippen LogP contribution >= 0.6 is 11.6 Å². The predicted molar refractivity (Wildman–Crippen MR) is 98.9 cm³/mol. The molecule has 5 nitrogen and oxygen atoms in total. The lowest BCUT2D eigenvalue weighted by molar-refractivity contribution is -0.122. The smallest absolute Gasteiger partial charge is 0.255 e. The van der Waals surface area contributed by atoms with Crippen molar-refractivity contribution >= 4 is 34.8 Å².